The van der Waals surface area contributed by atoms with Gasteiger partial charge in [-0.3, -0.25) is 4.79 Å². The molecule has 0 fully saturated rings. The van der Waals surface area contributed by atoms with E-state index in [1.54, 1.807) is 6.92 Å². The van der Waals surface area contributed by atoms with Gasteiger partial charge in [-0.2, -0.15) is 0 Å². The van der Waals surface area contributed by atoms with Crippen LogP contribution in [-0.4, -0.2) is 5.91 Å². The van der Waals surface area contributed by atoms with E-state index in [4.69, 9.17) is 0 Å². The molecule has 2 rings (SSSR count). The minimum absolute atomic E-state index is 0.0733. The van der Waals surface area contributed by atoms with Crippen LogP contribution in [0.4, 0.5) is 18.9 Å². The fourth-order valence-electron chi connectivity index (χ4n) is 1.81. The summed E-state index contributed by atoms with van der Waals surface area (Å²) in [6.07, 6.45) is -0.261. The Balaban J connectivity index is 2.13. The number of benzene rings is 2. The van der Waals surface area contributed by atoms with Crippen LogP contribution in [0.15, 0.2) is 34.8 Å². The van der Waals surface area contributed by atoms with Crippen molar-refractivity contribution in [3.63, 3.8) is 0 Å². The quantitative estimate of drug-likeness (QED) is 0.868. The summed E-state index contributed by atoms with van der Waals surface area (Å²) in [5.41, 5.74) is 1.04. The van der Waals surface area contributed by atoms with Gasteiger partial charge in [-0.15, -0.1) is 0 Å². The maximum atomic E-state index is 13.5. The zero-order valence-electron chi connectivity index (χ0n) is 11.0. The van der Waals surface area contributed by atoms with Crippen LogP contribution in [-0.2, 0) is 11.2 Å². The molecular formula is C15H11BrF3NO. The smallest absolute Gasteiger partial charge is 0.228 e. The van der Waals surface area contributed by atoms with E-state index >= 15 is 0 Å². The lowest BCUT2D eigenvalue weighted by Crippen LogP contribution is -2.16. The molecule has 0 atom stereocenters. The molecule has 21 heavy (non-hydrogen) atoms. The van der Waals surface area contributed by atoms with Gasteiger partial charge in [0.2, 0.25) is 5.91 Å². The number of nitrogens with one attached hydrogen (secondary N) is 1. The van der Waals surface area contributed by atoms with Crippen LogP contribution in [0.25, 0.3) is 0 Å². The Bertz CT molecular complexity index is 704. The summed E-state index contributed by atoms with van der Waals surface area (Å²) >= 11 is 3.04. The number of hydrogen-bond acceptors (Lipinski definition) is 1. The highest BCUT2D eigenvalue weighted by atomic mass is 79.9. The zero-order valence-corrected chi connectivity index (χ0v) is 12.6. The van der Waals surface area contributed by atoms with Crippen molar-refractivity contribution in [2.45, 2.75) is 13.3 Å². The number of halogens is 4. The van der Waals surface area contributed by atoms with Gasteiger partial charge >= 0.3 is 0 Å². The molecule has 0 bridgehead atoms. The summed E-state index contributed by atoms with van der Waals surface area (Å²) < 4.78 is 40.0. The van der Waals surface area contributed by atoms with Gasteiger partial charge in [0.1, 0.15) is 17.5 Å². The Labute approximate surface area is 128 Å². The molecule has 0 saturated carbocycles. The van der Waals surface area contributed by atoms with Gasteiger partial charge in [0.15, 0.2) is 0 Å². The molecular weight excluding hydrogens is 347 g/mol. The van der Waals surface area contributed by atoms with E-state index in [0.717, 1.165) is 6.07 Å². The van der Waals surface area contributed by atoms with Gasteiger partial charge < -0.3 is 5.32 Å². The van der Waals surface area contributed by atoms with Crippen molar-refractivity contribution in [1.29, 1.82) is 0 Å². The molecule has 0 aliphatic heterocycles. The minimum atomic E-state index is -0.788. The number of carbonyl (C=O) groups is 1. The van der Waals surface area contributed by atoms with Gasteiger partial charge in [-0.1, -0.05) is 6.07 Å². The average Bonchev–Trinajstić information content (AvgIpc) is 2.39. The molecule has 0 saturated heterocycles. The molecule has 1 N–H and O–H groups in total. The molecule has 1 amide bonds. The fraction of sp³-hybridized carbons (Fsp3) is 0.133. The molecule has 0 spiro atoms. The van der Waals surface area contributed by atoms with Crippen molar-refractivity contribution in [3.8, 4) is 0 Å². The summed E-state index contributed by atoms with van der Waals surface area (Å²) in [6.45, 7) is 1.71. The molecule has 2 aromatic rings. The van der Waals surface area contributed by atoms with Crippen LogP contribution in [0.3, 0.4) is 0 Å². The highest BCUT2D eigenvalue weighted by molar-refractivity contribution is 9.10. The van der Waals surface area contributed by atoms with E-state index in [9.17, 15) is 18.0 Å². The summed E-state index contributed by atoms with van der Waals surface area (Å²) in [4.78, 5) is 11.9. The summed E-state index contributed by atoms with van der Waals surface area (Å²) in [5.74, 6) is -2.51. The summed E-state index contributed by atoms with van der Waals surface area (Å²) in [5, 5.41) is 2.51. The number of rotatable bonds is 3. The number of amides is 1. The summed E-state index contributed by atoms with van der Waals surface area (Å²) in [6, 6.07) is 5.71. The van der Waals surface area contributed by atoms with Crippen molar-refractivity contribution >= 4 is 27.5 Å². The van der Waals surface area contributed by atoms with Crippen LogP contribution in [0.5, 0.6) is 0 Å². The Hall–Kier alpha value is -1.82. The molecule has 6 heteroatoms. The number of carbonyl (C=O) groups excluding carboxylic acids is 1. The average molecular weight is 358 g/mol. The molecule has 0 radical (unpaired) electrons. The highest BCUT2D eigenvalue weighted by Gasteiger charge is 2.12. The standard InChI is InChI=1S/C15H11BrF3NO/c1-8-4-11(16)13(19)7-14(8)20-15(21)5-9-2-3-10(17)6-12(9)18/h2-4,6-7H,5H2,1H3,(H,20,21). The second-order valence-corrected chi connectivity index (χ2v) is 5.40. The monoisotopic (exact) mass is 357 g/mol. The molecule has 0 heterocycles. The molecule has 2 aromatic carbocycles. The predicted molar refractivity (Wildman–Crippen MR) is 77.5 cm³/mol. The molecule has 0 aliphatic carbocycles. The SMILES string of the molecule is Cc1cc(Br)c(F)cc1NC(=O)Cc1ccc(F)cc1F. The number of anilines is 1. The van der Waals surface area contributed by atoms with Crippen molar-refractivity contribution in [1.82, 2.24) is 0 Å². The molecule has 0 aromatic heterocycles. The first-order valence-electron chi connectivity index (χ1n) is 6.06. The van der Waals surface area contributed by atoms with E-state index in [0.29, 0.717) is 21.8 Å². The van der Waals surface area contributed by atoms with E-state index in [1.807, 2.05) is 0 Å². The lowest BCUT2D eigenvalue weighted by molar-refractivity contribution is -0.115. The first kappa shape index (κ1) is 15.6. The van der Waals surface area contributed by atoms with E-state index in [-0.39, 0.29) is 12.0 Å². The predicted octanol–water partition coefficient (Wildman–Crippen LogP) is 4.36. The number of aryl methyl sites for hydroxylation is 1. The second kappa shape index (κ2) is 6.30. The Morgan fingerprint density at radius 1 is 1.14 bits per heavy atom. The van der Waals surface area contributed by atoms with Crippen molar-refractivity contribution in [3.05, 3.63) is 63.4 Å². The van der Waals surface area contributed by atoms with Gasteiger partial charge in [-0.25, -0.2) is 13.2 Å². The van der Waals surface area contributed by atoms with Crippen LogP contribution in [0.1, 0.15) is 11.1 Å². The Morgan fingerprint density at radius 2 is 1.86 bits per heavy atom. The van der Waals surface area contributed by atoms with Crippen LogP contribution in [0.2, 0.25) is 0 Å². The van der Waals surface area contributed by atoms with Gasteiger partial charge in [0.05, 0.1) is 10.9 Å². The summed E-state index contributed by atoms with van der Waals surface area (Å²) in [7, 11) is 0. The van der Waals surface area contributed by atoms with Gasteiger partial charge in [0.25, 0.3) is 0 Å². The van der Waals surface area contributed by atoms with Crippen LogP contribution >= 0.6 is 15.9 Å². The van der Waals surface area contributed by atoms with Crippen LogP contribution < -0.4 is 5.32 Å². The highest BCUT2D eigenvalue weighted by Crippen LogP contribution is 2.24. The second-order valence-electron chi connectivity index (χ2n) is 4.54. The molecule has 0 aliphatic rings. The lowest BCUT2D eigenvalue weighted by atomic mass is 10.1. The normalized spacial score (nSPS) is 10.5. The van der Waals surface area contributed by atoms with Crippen molar-refractivity contribution in [2.75, 3.05) is 5.32 Å². The van der Waals surface area contributed by atoms with E-state index in [2.05, 4.69) is 21.2 Å². The number of hydrogen-bond donors (Lipinski definition) is 1. The minimum Gasteiger partial charge on any atom is -0.325 e. The fourth-order valence-corrected chi connectivity index (χ4v) is 2.27. The third kappa shape index (κ3) is 3.85. The molecule has 2 nitrogen and oxygen atoms in total. The van der Waals surface area contributed by atoms with E-state index < -0.39 is 23.4 Å². The van der Waals surface area contributed by atoms with Crippen LogP contribution in [0, 0.1) is 24.4 Å². The Morgan fingerprint density at radius 3 is 2.52 bits per heavy atom. The maximum absolute atomic E-state index is 13.5. The largest absolute Gasteiger partial charge is 0.325 e. The Kier molecular flexibility index (Phi) is 4.67. The van der Waals surface area contributed by atoms with E-state index in [1.165, 1.54) is 18.2 Å². The topological polar surface area (TPSA) is 29.1 Å². The van der Waals surface area contributed by atoms with Gasteiger partial charge in [0, 0.05) is 11.8 Å². The third-order valence-corrected chi connectivity index (χ3v) is 3.52. The van der Waals surface area contributed by atoms with Crippen molar-refractivity contribution < 1.29 is 18.0 Å². The first-order valence-corrected chi connectivity index (χ1v) is 6.85. The third-order valence-electron chi connectivity index (χ3n) is 2.91. The molecule has 110 valence electrons. The van der Waals surface area contributed by atoms with Gasteiger partial charge in [-0.05, 0) is 52.2 Å². The zero-order chi connectivity index (χ0) is 15.6. The first-order chi connectivity index (χ1) is 9.86. The lowest BCUT2D eigenvalue weighted by Gasteiger charge is -2.10. The maximum Gasteiger partial charge on any atom is 0.228 e. The molecule has 0 unspecified atom stereocenters. The van der Waals surface area contributed by atoms with Crippen molar-refractivity contribution in [2.24, 2.45) is 0 Å².